The number of aromatic carboxylic acids is 1. The van der Waals surface area contributed by atoms with Crippen LogP contribution >= 0.6 is 11.3 Å². The van der Waals surface area contributed by atoms with Crippen molar-refractivity contribution in [2.24, 2.45) is 0 Å². The van der Waals surface area contributed by atoms with Crippen LogP contribution in [-0.4, -0.2) is 27.1 Å². The predicted octanol–water partition coefficient (Wildman–Crippen LogP) is 3.42. The van der Waals surface area contributed by atoms with Gasteiger partial charge in [0.2, 0.25) is 0 Å². The van der Waals surface area contributed by atoms with Crippen molar-refractivity contribution in [3.05, 3.63) is 85.0 Å². The lowest BCUT2D eigenvalue weighted by molar-refractivity contribution is -0.116. The van der Waals surface area contributed by atoms with Crippen LogP contribution in [0.2, 0.25) is 0 Å². The van der Waals surface area contributed by atoms with E-state index in [1.54, 1.807) is 23.5 Å². The van der Waals surface area contributed by atoms with Gasteiger partial charge >= 0.3 is 5.97 Å². The average Bonchev–Trinajstić information content (AvgIpc) is 3.37. The molecule has 1 aliphatic carbocycles. The summed E-state index contributed by atoms with van der Waals surface area (Å²) in [5, 5.41) is 19.9. The maximum Gasteiger partial charge on any atom is 0.335 e. The molecule has 0 spiro atoms. The number of carbonyl (C=O) groups is 2. The number of rotatable bonds is 3. The zero-order chi connectivity index (χ0) is 20.1. The first kappa shape index (κ1) is 17.7. The van der Waals surface area contributed by atoms with Crippen molar-refractivity contribution < 1.29 is 14.7 Å². The monoisotopic (exact) mass is 407 g/mol. The summed E-state index contributed by atoms with van der Waals surface area (Å²) in [5.74, 6) is -0.877. The Morgan fingerprint density at radius 1 is 1.07 bits per heavy atom. The number of fused-ring (bicyclic) bond motifs is 1. The summed E-state index contributed by atoms with van der Waals surface area (Å²) < 4.78 is 0. The Hall–Kier alpha value is -3.39. The number of nitrogens with one attached hydrogen (secondary N) is 3. The topological polar surface area (TPSA) is 115 Å². The van der Waals surface area contributed by atoms with E-state index in [-0.39, 0.29) is 22.8 Å². The zero-order valence-electron chi connectivity index (χ0n) is 15.2. The van der Waals surface area contributed by atoms with E-state index in [4.69, 9.17) is 0 Å². The second-order valence-corrected chi connectivity index (χ2v) is 8.27. The molecule has 2 aromatic heterocycles. The fourth-order valence-electron chi connectivity index (χ4n) is 4.30. The average molecular weight is 407 g/mol. The van der Waals surface area contributed by atoms with Gasteiger partial charge in [0.05, 0.1) is 11.1 Å². The summed E-state index contributed by atoms with van der Waals surface area (Å²) in [6, 6.07) is 10.4. The van der Waals surface area contributed by atoms with Crippen LogP contribution in [0.4, 0.5) is 5.82 Å². The van der Waals surface area contributed by atoms with Crippen molar-refractivity contribution in [1.29, 1.82) is 0 Å². The number of H-pyrrole nitrogens is 2. The molecule has 146 valence electrons. The molecule has 1 aliphatic heterocycles. The number of anilines is 1. The number of ketones is 1. The highest BCUT2D eigenvalue weighted by atomic mass is 32.1. The predicted molar refractivity (Wildman–Crippen MR) is 109 cm³/mol. The summed E-state index contributed by atoms with van der Waals surface area (Å²) >= 11 is 1.64. The second-order valence-electron chi connectivity index (χ2n) is 7.29. The molecule has 0 bridgehead atoms. The minimum atomic E-state index is -1.02. The van der Waals surface area contributed by atoms with E-state index in [0.717, 1.165) is 11.3 Å². The van der Waals surface area contributed by atoms with Gasteiger partial charge < -0.3 is 10.4 Å². The number of thiophene rings is 1. The van der Waals surface area contributed by atoms with Crippen molar-refractivity contribution in [1.82, 2.24) is 10.2 Å². The Bertz CT molecular complexity index is 1200. The second kappa shape index (κ2) is 6.59. The lowest BCUT2D eigenvalue weighted by Crippen LogP contribution is -2.31. The third-order valence-electron chi connectivity index (χ3n) is 5.61. The zero-order valence-corrected chi connectivity index (χ0v) is 16.0. The lowest BCUT2D eigenvalue weighted by Gasteiger charge is -2.34. The van der Waals surface area contributed by atoms with E-state index in [9.17, 15) is 19.5 Å². The van der Waals surface area contributed by atoms with Gasteiger partial charge in [-0.3, -0.25) is 19.8 Å². The Morgan fingerprint density at radius 3 is 2.55 bits per heavy atom. The van der Waals surface area contributed by atoms with Crippen LogP contribution < -0.4 is 10.9 Å². The molecule has 0 saturated carbocycles. The van der Waals surface area contributed by atoms with Gasteiger partial charge in [0.25, 0.3) is 5.56 Å². The molecule has 0 unspecified atom stereocenters. The number of carboxylic acid groups (broad SMARTS) is 1. The molecule has 0 saturated heterocycles. The highest BCUT2D eigenvalue weighted by Crippen LogP contribution is 2.46. The van der Waals surface area contributed by atoms with Crippen molar-refractivity contribution in [3.63, 3.8) is 0 Å². The third kappa shape index (κ3) is 2.84. The highest BCUT2D eigenvalue weighted by Gasteiger charge is 2.40. The first-order chi connectivity index (χ1) is 14.0. The smallest absolute Gasteiger partial charge is 0.335 e. The summed E-state index contributed by atoms with van der Waals surface area (Å²) in [4.78, 5) is 38.1. The molecule has 29 heavy (non-hydrogen) atoms. The molecule has 2 aliphatic rings. The van der Waals surface area contributed by atoms with Crippen LogP contribution in [0.25, 0.3) is 0 Å². The van der Waals surface area contributed by atoms with E-state index in [1.807, 2.05) is 17.5 Å². The summed E-state index contributed by atoms with van der Waals surface area (Å²) in [6.07, 6.45) is 1.07. The normalized spacial score (nSPS) is 20.8. The summed E-state index contributed by atoms with van der Waals surface area (Å²) in [5.41, 5.74) is 2.45. The van der Waals surface area contributed by atoms with E-state index in [2.05, 4.69) is 15.5 Å². The van der Waals surface area contributed by atoms with Crippen LogP contribution in [-0.2, 0) is 4.79 Å². The van der Waals surface area contributed by atoms with Gasteiger partial charge in [-0.05, 0) is 35.6 Å². The fourth-order valence-corrected chi connectivity index (χ4v) is 5.13. The van der Waals surface area contributed by atoms with Crippen molar-refractivity contribution in [2.75, 3.05) is 5.32 Å². The quantitative estimate of drug-likeness (QED) is 0.531. The van der Waals surface area contributed by atoms with Crippen molar-refractivity contribution in [2.45, 2.75) is 24.7 Å². The maximum atomic E-state index is 13.2. The SMILES string of the molecule is O=C1C[C@H](c2cccs2)CC2=C1[C@@H](c1ccc(C(=O)O)cc1)c1c([nH][nH]c1=O)N2. The van der Waals surface area contributed by atoms with E-state index < -0.39 is 11.9 Å². The number of hydrogen-bond acceptors (Lipinski definition) is 5. The van der Waals surface area contributed by atoms with E-state index in [0.29, 0.717) is 29.8 Å². The minimum absolute atomic E-state index is 0.00992. The molecule has 3 heterocycles. The number of hydrogen-bond donors (Lipinski definition) is 4. The lowest BCUT2D eigenvalue weighted by atomic mass is 9.74. The number of aromatic nitrogens is 2. The molecule has 0 radical (unpaired) electrons. The van der Waals surface area contributed by atoms with Gasteiger partial charge in [-0.15, -0.1) is 11.3 Å². The third-order valence-corrected chi connectivity index (χ3v) is 6.65. The Morgan fingerprint density at radius 2 is 1.86 bits per heavy atom. The standard InChI is InChI=1S/C21H17N3O4S/c25-14-9-12(15-2-1-7-29-15)8-13-17(14)16(18-19(22-13)23-24-20(18)26)10-3-5-11(6-4-10)21(27)28/h1-7,12,16H,8-9H2,(H,27,28)(H3,22,23,24,26)/t12-,16-/m1/s1. The molecule has 8 heteroatoms. The van der Waals surface area contributed by atoms with E-state index in [1.165, 1.54) is 17.0 Å². The van der Waals surface area contributed by atoms with Crippen molar-refractivity contribution >= 4 is 28.9 Å². The number of carbonyl (C=O) groups excluding carboxylic acids is 1. The van der Waals surface area contributed by atoms with Gasteiger partial charge in [0.15, 0.2) is 5.78 Å². The van der Waals surface area contributed by atoms with Gasteiger partial charge in [-0.2, -0.15) is 0 Å². The maximum absolute atomic E-state index is 13.2. The molecule has 1 aromatic carbocycles. The summed E-state index contributed by atoms with van der Waals surface area (Å²) in [6.45, 7) is 0. The molecule has 4 N–H and O–H groups in total. The number of aromatic amines is 2. The molecule has 3 aromatic rings. The molecular weight excluding hydrogens is 390 g/mol. The highest BCUT2D eigenvalue weighted by molar-refractivity contribution is 7.10. The first-order valence-corrected chi connectivity index (χ1v) is 10.1. The fraction of sp³-hybridized carbons (Fsp3) is 0.190. The Labute approximate surface area is 169 Å². The van der Waals surface area contributed by atoms with Crippen LogP contribution in [0, 0.1) is 0 Å². The van der Waals surface area contributed by atoms with Crippen LogP contribution in [0.5, 0.6) is 0 Å². The van der Waals surface area contributed by atoms with Gasteiger partial charge in [-0.1, -0.05) is 18.2 Å². The first-order valence-electron chi connectivity index (χ1n) is 9.23. The molecule has 5 rings (SSSR count). The number of carboxylic acids is 1. The number of benzene rings is 1. The Balaban J connectivity index is 1.63. The largest absolute Gasteiger partial charge is 0.478 e. The minimum Gasteiger partial charge on any atom is -0.478 e. The van der Waals surface area contributed by atoms with E-state index >= 15 is 0 Å². The molecule has 7 nitrogen and oxygen atoms in total. The molecule has 0 amide bonds. The number of allylic oxidation sites excluding steroid dienone is 2. The van der Waals surface area contributed by atoms with Crippen LogP contribution in [0.1, 0.15) is 51.0 Å². The van der Waals surface area contributed by atoms with Gasteiger partial charge in [0.1, 0.15) is 5.82 Å². The number of Topliss-reactive ketones (excluding diaryl/α,β-unsaturated/α-hetero) is 1. The molecular formula is C21H17N3O4S. The van der Waals surface area contributed by atoms with Crippen LogP contribution in [0.15, 0.2) is 57.8 Å². The summed E-state index contributed by atoms with van der Waals surface area (Å²) in [7, 11) is 0. The molecule has 0 fully saturated rings. The van der Waals surface area contributed by atoms with Gasteiger partial charge in [0, 0.05) is 34.4 Å². The molecule has 2 atom stereocenters. The Kier molecular flexibility index (Phi) is 4.02. The van der Waals surface area contributed by atoms with Crippen LogP contribution in [0.3, 0.4) is 0 Å². The van der Waals surface area contributed by atoms with Gasteiger partial charge in [-0.25, -0.2) is 4.79 Å². The van der Waals surface area contributed by atoms with Crippen molar-refractivity contribution in [3.8, 4) is 0 Å².